The number of rotatable bonds is 6. The Balaban J connectivity index is 1.36. The lowest BCUT2D eigenvalue weighted by Crippen LogP contribution is -2.44. The van der Waals surface area contributed by atoms with Crippen LogP contribution in [0.3, 0.4) is 0 Å². The molecule has 3 heterocycles. The zero-order chi connectivity index (χ0) is 25.9. The molecule has 2 aromatic heterocycles. The van der Waals surface area contributed by atoms with Crippen molar-refractivity contribution in [1.29, 1.82) is 0 Å². The van der Waals surface area contributed by atoms with Gasteiger partial charge in [0.25, 0.3) is 5.91 Å². The van der Waals surface area contributed by atoms with E-state index in [-0.39, 0.29) is 17.8 Å². The van der Waals surface area contributed by atoms with Crippen LogP contribution in [0.5, 0.6) is 0 Å². The quantitative estimate of drug-likeness (QED) is 0.399. The minimum atomic E-state index is -0.310. The lowest BCUT2D eigenvalue weighted by molar-refractivity contribution is 0.102. The van der Waals surface area contributed by atoms with E-state index in [4.69, 9.17) is 0 Å². The number of piperazine rings is 1. The van der Waals surface area contributed by atoms with Crippen LogP contribution in [0.4, 0.5) is 21.7 Å². The van der Waals surface area contributed by atoms with Gasteiger partial charge in [0, 0.05) is 55.1 Å². The summed E-state index contributed by atoms with van der Waals surface area (Å²) in [5.74, 6) is 0.539. The van der Waals surface area contributed by atoms with Crippen molar-refractivity contribution in [1.82, 2.24) is 20.1 Å². The molecule has 1 aliphatic heterocycles. The molecule has 5 rings (SSSR count). The molecule has 2 aromatic carbocycles. The van der Waals surface area contributed by atoms with Crippen molar-refractivity contribution in [2.24, 2.45) is 0 Å². The molecule has 190 valence electrons. The number of carbonyl (C=O) groups is 1. The highest BCUT2D eigenvalue weighted by molar-refractivity contribution is 6.04. The molecule has 1 amide bonds. The first-order valence-corrected chi connectivity index (χ1v) is 12.4. The number of likely N-dealkylation sites (N-methyl/N-ethyl adjacent to an activating group) is 1. The van der Waals surface area contributed by atoms with Crippen molar-refractivity contribution in [2.75, 3.05) is 48.8 Å². The van der Waals surface area contributed by atoms with E-state index in [9.17, 15) is 9.18 Å². The number of benzene rings is 2. The number of pyridine rings is 1. The molecule has 0 aliphatic carbocycles. The third-order valence-corrected chi connectivity index (χ3v) is 6.35. The van der Waals surface area contributed by atoms with E-state index < -0.39 is 0 Å². The topological polar surface area (TPSA) is 86.3 Å². The highest BCUT2D eigenvalue weighted by Crippen LogP contribution is 2.28. The Morgan fingerprint density at radius 1 is 0.946 bits per heavy atom. The Bertz CT molecular complexity index is 1430. The molecular weight excluding hydrogens is 469 g/mol. The average molecular weight is 500 g/mol. The Kier molecular flexibility index (Phi) is 6.96. The molecule has 1 aliphatic rings. The number of anilines is 3. The Labute approximate surface area is 215 Å². The van der Waals surface area contributed by atoms with Crippen LogP contribution in [-0.4, -0.2) is 65.3 Å². The van der Waals surface area contributed by atoms with Crippen molar-refractivity contribution in [2.45, 2.75) is 19.9 Å². The summed E-state index contributed by atoms with van der Waals surface area (Å²) in [6, 6.07) is 16.0. The zero-order valence-corrected chi connectivity index (χ0v) is 21.2. The van der Waals surface area contributed by atoms with Crippen LogP contribution in [0.2, 0.25) is 0 Å². The van der Waals surface area contributed by atoms with Crippen LogP contribution >= 0.6 is 0 Å². The largest absolute Gasteiger partial charge is 0.383 e. The van der Waals surface area contributed by atoms with Crippen LogP contribution in [0.1, 0.15) is 24.2 Å². The molecule has 4 aromatic rings. The molecule has 37 heavy (non-hydrogen) atoms. The summed E-state index contributed by atoms with van der Waals surface area (Å²) in [5, 5.41) is 15.3. The van der Waals surface area contributed by atoms with Gasteiger partial charge in [-0.3, -0.25) is 4.79 Å². The highest BCUT2D eigenvalue weighted by Gasteiger charge is 2.17. The summed E-state index contributed by atoms with van der Waals surface area (Å²) < 4.78 is 14.3. The first-order chi connectivity index (χ1) is 17.8. The fourth-order valence-corrected chi connectivity index (χ4v) is 4.42. The maximum absolute atomic E-state index is 14.3. The predicted octanol–water partition coefficient (Wildman–Crippen LogP) is 4.66. The van der Waals surface area contributed by atoms with Gasteiger partial charge in [0.1, 0.15) is 11.6 Å². The molecule has 0 saturated carbocycles. The van der Waals surface area contributed by atoms with Crippen molar-refractivity contribution in [3.05, 3.63) is 72.2 Å². The standard InChI is InChI=1S/C28H30FN7O/c1-18(2)31-24-14-21(13-23(29)17-24)19-4-5-25-22(12-19)15-26(34-33-25)32-28(37)20-6-7-30-27(16-20)36-10-8-35(3)9-11-36/h4-7,12-18,31H,8-11H2,1-3H3,(H,32,34,37). The fraction of sp³-hybridized carbons (Fsp3) is 0.286. The molecule has 0 radical (unpaired) electrons. The number of aromatic nitrogens is 3. The molecule has 0 atom stereocenters. The van der Waals surface area contributed by atoms with E-state index in [2.05, 4.69) is 42.7 Å². The molecule has 8 nitrogen and oxygen atoms in total. The smallest absolute Gasteiger partial charge is 0.257 e. The van der Waals surface area contributed by atoms with Crippen LogP contribution in [0.15, 0.2) is 60.8 Å². The Morgan fingerprint density at radius 2 is 1.76 bits per heavy atom. The van der Waals surface area contributed by atoms with Gasteiger partial charge in [-0.1, -0.05) is 6.07 Å². The first-order valence-electron chi connectivity index (χ1n) is 12.4. The van der Waals surface area contributed by atoms with Crippen LogP contribution in [-0.2, 0) is 0 Å². The zero-order valence-electron chi connectivity index (χ0n) is 21.2. The summed E-state index contributed by atoms with van der Waals surface area (Å²) in [7, 11) is 2.10. The fourth-order valence-electron chi connectivity index (χ4n) is 4.42. The molecule has 9 heteroatoms. The number of fused-ring (bicyclic) bond motifs is 1. The van der Waals surface area contributed by atoms with E-state index in [0.717, 1.165) is 54.2 Å². The second-order valence-electron chi connectivity index (χ2n) is 9.68. The summed E-state index contributed by atoms with van der Waals surface area (Å²) in [6.45, 7) is 7.67. The molecule has 1 saturated heterocycles. The van der Waals surface area contributed by atoms with Crippen LogP contribution in [0, 0.1) is 5.82 Å². The monoisotopic (exact) mass is 499 g/mol. The van der Waals surface area contributed by atoms with Gasteiger partial charge >= 0.3 is 0 Å². The van der Waals surface area contributed by atoms with Crippen molar-refractivity contribution < 1.29 is 9.18 Å². The van der Waals surface area contributed by atoms with E-state index in [1.54, 1.807) is 24.4 Å². The predicted molar refractivity (Wildman–Crippen MR) is 146 cm³/mol. The SMILES string of the molecule is CC(C)Nc1cc(F)cc(-c2ccc3nnc(NC(=O)c4ccnc(N5CCN(C)CC5)c4)cc3c2)c1. The van der Waals surface area contributed by atoms with Gasteiger partial charge in [-0.05, 0) is 80.6 Å². The minimum Gasteiger partial charge on any atom is -0.383 e. The third-order valence-electron chi connectivity index (χ3n) is 6.35. The number of carbonyl (C=O) groups excluding carboxylic acids is 1. The summed E-state index contributed by atoms with van der Waals surface area (Å²) >= 11 is 0. The second kappa shape index (κ2) is 10.5. The summed E-state index contributed by atoms with van der Waals surface area (Å²) in [5.41, 5.74) is 3.50. The highest BCUT2D eigenvalue weighted by atomic mass is 19.1. The summed E-state index contributed by atoms with van der Waals surface area (Å²) in [4.78, 5) is 21.9. The summed E-state index contributed by atoms with van der Waals surface area (Å²) in [6.07, 6.45) is 1.66. The molecule has 1 fully saturated rings. The Morgan fingerprint density at radius 3 is 2.54 bits per heavy atom. The maximum atomic E-state index is 14.3. The lowest BCUT2D eigenvalue weighted by Gasteiger charge is -2.33. The van der Waals surface area contributed by atoms with Crippen LogP contribution in [0.25, 0.3) is 22.0 Å². The van der Waals surface area contributed by atoms with Crippen molar-refractivity contribution in [3.8, 4) is 11.1 Å². The normalized spacial score (nSPS) is 14.2. The number of amides is 1. The number of nitrogens with zero attached hydrogens (tertiary/aromatic N) is 5. The molecular formula is C28H30FN7O. The van der Waals surface area contributed by atoms with E-state index in [1.165, 1.54) is 12.1 Å². The minimum absolute atomic E-state index is 0.186. The Hall–Kier alpha value is -4.11. The van der Waals surface area contributed by atoms with Gasteiger partial charge in [0.05, 0.1) is 5.52 Å². The van der Waals surface area contributed by atoms with Crippen molar-refractivity contribution in [3.63, 3.8) is 0 Å². The van der Waals surface area contributed by atoms with Gasteiger partial charge in [0.15, 0.2) is 5.82 Å². The third kappa shape index (κ3) is 5.83. The number of nitrogens with one attached hydrogen (secondary N) is 2. The average Bonchev–Trinajstić information content (AvgIpc) is 2.88. The maximum Gasteiger partial charge on any atom is 0.257 e. The lowest BCUT2D eigenvalue weighted by atomic mass is 10.0. The van der Waals surface area contributed by atoms with Gasteiger partial charge < -0.3 is 20.4 Å². The van der Waals surface area contributed by atoms with E-state index >= 15 is 0 Å². The van der Waals surface area contributed by atoms with E-state index in [0.29, 0.717) is 16.9 Å². The van der Waals surface area contributed by atoms with Gasteiger partial charge in [-0.25, -0.2) is 9.37 Å². The number of hydrogen-bond acceptors (Lipinski definition) is 7. The van der Waals surface area contributed by atoms with Gasteiger partial charge in [0.2, 0.25) is 0 Å². The number of hydrogen-bond donors (Lipinski definition) is 2. The van der Waals surface area contributed by atoms with E-state index in [1.807, 2.05) is 38.1 Å². The van der Waals surface area contributed by atoms with Gasteiger partial charge in [-0.2, -0.15) is 0 Å². The number of halogens is 1. The molecule has 0 unspecified atom stereocenters. The molecule has 0 bridgehead atoms. The van der Waals surface area contributed by atoms with Gasteiger partial charge in [-0.15, -0.1) is 10.2 Å². The molecule has 0 spiro atoms. The van der Waals surface area contributed by atoms with Crippen molar-refractivity contribution >= 4 is 34.1 Å². The van der Waals surface area contributed by atoms with Crippen LogP contribution < -0.4 is 15.5 Å². The molecule has 2 N–H and O–H groups in total. The first kappa shape index (κ1) is 24.6. The second-order valence-corrected chi connectivity index (χ2v) is 9.68.